The van der Waals surface area contributed by atoms with Gasteiger partial charge in [-0.2, -0.15) is 5.10 Å². The Balaban J connectivity index is 1.68. The van der Waals surface area contributed by atoms with Gasteiger partial charge in [0.15, 0.2) is 0 Å². The third-order valence-electron chi connectivity index (χ3n) is 4.08. The summed E-state index contributed by atoms with van der Waals surface area (Å²) in [5.74, 6) is -0.924. The molecule has 1 saturated heterocycles. The second kappa shape index (κ2) is 7.97. The zero-order valence-electron chi connectivity index (χ0n) is 16.0. The van der Waals surface area contributed by atoms with Gasteiger partial charge in [0.1, 0.15) is 17.5 Å². The van der Waals surface area contributed by atoms with Crippen molar-refractivity contribution >= 4 is 17.7 Å². The molecule has 0 unspecified atom stereocenters. The standard InChI is InChI=1S/C19H23FN4O4/c1-19(2,3)28-18(26)24-6-7-27-16(11-24)14-5-4-13(8-15(14)20)23-17(25)12-9-21-22-10-12/h4-5,8-10,16H,6-7,11H2,1-3H3,(H,21,22)(H,23,25)/t16-/m1/s1. The number of benzene rings is 1. The van der Waals surface area contributed by atoms with Crippen LogP contribution in [0.25, 0.3) is 0 Å². The smallest absolute Gasteiger partial charge is 0.410 e. The molecule has 0 saturated carbocycles. The van der Waals surface area contributed by atoms with Crippen molar-refractivity contribution in [1.82, 2.24) is 15.1 Å². The number of rotatable bonds is 3. The number of amides is 2. The van der Waals surface area contributed by atoms with E-state index >= 15 is 0 Å². The number of morpholine rings is 1. The normalized spacial score (nSPS) is 17.3. The molecular weight excluding hydrogens is 367 g/mol. The highest BCUT2D eigenvalue weighted by atomic mass is 19.1. The molecule has 150 valence electrons. The van der Waals surface area contributed by atoms with Crippen LogP contribution in [-0.2, 0) is 9.47 Å². The van der Waals surface area contributed by atoms with E-state index in [1.165, 1.54) is 23.4 Å². The quantitative estimate of drug-likeness (QED) is 0.839. The summed E-state index contributed by atoms with van der Waals surface area (Å²) in [6, 6.07) is 4.36. The average Bonchev–Trinajstić information content (AvgIpc) is 3.15. The minimum absolute atomic E-state index is 0.187. The van der Waals surface area contributed by atoms with Crippen molar-refractivity contribution in [3.8, 4) is 0 Å². The molecule has 1 aliphatic heterocycles. The van der Waals surface area contributed by atoms with Gasteiger partial charge in [-0.3, -0.25) is 9.89 Å². The maximum absolute atomic E-state index is 14.6. The molecule has 0 aliphatic carbocycles. The van der Waals surface area contributed by atoms with Gasteiger partial charge in [0.05, 0.1) is 24.9 Å². The molecular formula is C19H23FN4O4. The van der Waals surface area contributed by atoms with Crippen LogP contribution in [-0.4, -0.2) is 52.4 Å². The molecule has 2 heterocycles. The number of ether oxygens (including phenoxy) is 2. The van der Waals surface area contributed by atoms with Gasteiger partial charge in [0.2, 0.25) is 0 Å². The first kappa shape index (κ1) is 19.8. The van der Waals surface area contributed by atoms with Gasteiger partial charge in [-0.25, -0.2) is 9.18 Å². The Labute approximate surface area is 162 Å². The average molecular weight is 390 g/mol. The maximum Gasteiger partial charge on any atom is 0.410 e. The van der Waals surface area contributed by atoms with E-state index in [1.807, 2.05) is 0 Å². The lowest BCUT2D eigenvalue weighted by Gasteiger charge is -2.34. The van der Waals surface area contributed by atoms with Gasteiger partial charge in [0.25, 0.3) is 5.91 Å². The first-order valence-electron chi connectivity index (χ1n) is 8.92. The number of anilines is 1. The van der Waals surface area contributed by atoms with E-state index in [2.05, 4.69) is 15.5 Å². The van der Waals surface area contributed by atoms with Crippen molar-refractivity contribution in [3.05, 3.63) is 47.5 Å². The van der Waals surface area contributed by atoms with Crippen LogP contribution in [0.1, 0.15) is 42.8 Å². The van der Waals surface area contributed by atoms with Gasteiger partial charge in [-0.1, -0.05) is 6.07 Å². The number of H-pyrrole nitrogens is 1. The Hall–Kier alpha value is -2.94. The van der Waals surface area contributed by atoms with E-state index in [4.69, 9.17) is 9.47 Å². The summed E-state index contributed by atoms with van der Waals surface area (Å²) in [6.45, 7) is 6.22. The molecule has 1 fully saturated rings. The second-order valence-corrected chi connectivity index (χ2v) is 7.46. The molecule has 9 heteroatoms. The number of halogens is 1. The van der Waals surface area contributed by atoms with Crippen molar-refractivity contribution < 1.29 is 23.5 Å². The molecule has 2 aromatic rings. The summed E-state index contributed by atoms with van der Waals surface area (Å²) in [5, 5.41) is 8.85. The summed E-state index contributed by atoms with van der Waals surface area (Å²) in [7, 11) is 0. The Kier molecular flexibility index (Phi) is 5.64. The van der Waals surface area contributed by atoms with Crippen LogP contribution in [0, 0.1) is 5.82 Å². The fourth-order valence-corrected chi connectivity index (χ4v) is 2.77. The molecule has 2 amide bonds. The van der Waals surface area contributed by atoms with E-state index in [0.29, 0.717) is 23.4 Å². The molecule has 0 radical (unpaired) electrons. The Bertz CT molecular complexity index is 848. The molecule has 3 rings (SSSR count). The number of hydrogen-bond acceptors (Lipinski definition) is 5. The Morgan fingerprint density at radius 1 is 1.39 bits per heavy atom. The van der Waals surface area contributed by atoms with E-state index in [1.54, 1.807) is 32.9 Å². The highest BCUT2D eigenvalue weighted by molar-refractivity contribution is 6.03. The lowest BCUT2D eigenvalue weighted by molar-refractivity contribution is -0.0443. The minimum Gasteiger partial charge on any atom is -0.444 e. The third kappa shape index (κ3) is 4.86. The van der Waals surface area contributed by atoms with Crippen molar-refractivity contribution in [3.63, 3.8) is 0 Å². The Morgan fingerprint density at radius 3 is 2.82 bits per heavy atom. The van der Waals surface area contributed by atoms with E-state index in [-0.39, 0.29) is 13.2 Å². The lowest BCUT2D eigenvalue weighted by Crippen LogP contribution is -2.44. The number of aromatic nitrogens is 2. The number of nitrogens with one attached hydrogen (secondary N) is 2. The Morgan fingerprint density at radius 2 is 2.18 bits per heavy atom. The van der Waals surface area contributed by atoms with Crippen LogP contribution in [0.2, 0.25) is 0 Å². The number of nitrogens with zero attached hydrogens (tertiary/aromatic N) is 2. The highest BCUT2D eigenvalue weighted by Gasteiger charge is 2.30. The molecule has 0 spiro atoms. The first-order chi connectivity index (χ1) is 13.2. The monoisotopic (exact) mass is 390 g/mol. The summed E-state index contributed by atoms with van der Waals surface area (Å²) in [4.78, 5) is 25.8. The van der Waals surface area contributed by atoms with Crippen LogP contribution in [0.15, 0.2) is 30.6 Å². The fraction of sp³-hybridized carbons (Fsp3) is 0.421. The molecule has 1 atom stereocenters. The second-order valence-electron chi connectivity index (χ2n) is 7.46. The van der Waals surface area contributed by atoms with Gasteiger partial charge >= 0.3 is 6.09 Å². The zero-order chi connectivity index (χ0) is 20.3. The lowest BCUT2D eigenvalue weighted by atomic mass is 10.1. The molecule has 1 aliphatic rings. The predicted molar refractivity (Wildman–Crippen MR) is 99.4 cm³/mol. The number of carbonyl (C=O) groups excluding carboxylic acids is 2. The van der Waals surface area contributed by atoms with Crippen molar-refractivity contribution in [2.75, 3.05) is 25.0 Å². The first-order valence-corrected chi connectivity index (χ1v) is 8.92. The van der Waals surface area contributed by atoms with Crippen molar-refractivity contribution in [2.45, 2.75) is 32.5 Å². The molecule has 8 nitrogen and oxygen atoms in total. The highest BCUT2D eigenvalue weighted by Crippen LogP contribution is 2.27. The topological polar surface area (TPSA) is 96.6 Å². The van der Waals surface area contributed by atoms with Crippen molar-refractivity contribution in [2.24, 2.45) is 0 Å². The number of hydrogen-bond donors (Lipinski definition) is 2. The third-order valence-corrected chi connectivity index (χ3v) is 4.08. The van der Waals surface area contributed by atoms with Gasteiger partial charge in [0, 0.05) is 24.0 Å². The molecule has 2 N–H and O–H groups in total. The van der Waals surface area contributed by atoms with Gasteiger partial charge < -0.3 is 19.7 Å². The summed E-state index contributed by atoms with van der Waals surface area (Å²) >= 11 is 0. The number of aromatic amines is 1. The van der Waals surface area contributed by atoms with Crippen LogP contribution >= 0.6 is 0 Å². The fourth-order valence-electron chi connectivity index (χ4n) is 2.77. The van der Waals surface area contributed by atoms with E-state index in [0.717, 1.165) is 0 Å². The van der Waals surface area contributed by atoms with E-state index < -0.39 is 29.5 Å². The molecule has 1 aromatic carbocycles. The van der Waals surface area contributed by atoms with Crippen LogP contribution < -0.4 is 5.32 Å². The van der Waals surface area contributed by atoms with Crippen molar-refractivity contribution in [1.29, 1.82) is 0 Å². The maximum atomic E-state index is 14.6. The van der Waals surface area contributed by atoms with E-state index in [9.17, 15) is 14.0 Å². The predicted octanol–water partition coefficient (Wildman–Crippen LogP) is 3.11. The summed E-state index contributed by atoms with van der Waals surface area (Å²) in [6.07, 6.45) is 1.76. The van der Waals surface area contributed by atoms with Crippen LogP contribution in [0.5, 0.6) is 0 Å². The number of carbonyl (C=O) groups is 2. The van der Waals surface area contributed by atoms with Crippen LogP contribution in [0.3, 0.4) is 0 Å². The molecule has 28 heavy (non-hydrogen) atoms. The SMILES string of the molecule is CC(C)(C)OC(=O)N1CCO[C@@H](c2ccc(NC(=O)c3cn[nH]c3)cc2F)C1. The zero-order valence-corrected chi connectivity index (χ0v) is 16.0. The minimum atomic E-state index is -0.611. The van der Waals surface area contributed by atoms with Gasteiger partial charge in [-0.05, 0) is 32.9 Å². The largest absolute Gasteiger partial charge is 0.444 e. The van der Waals surface area contributed by atoms with Gasteiger partial charge in [-0.15, -0.1) is 0 Å². The summed E-state index contributed by atoms with van der Waals surface area (Å²) < 4.78 is 25.7. The summed E-state index contributed by atoms with van der Waals surface area (Å²) in [5.41, 5.74) is 0.361. The molecule has 1 aromatic heterocycles. The van der Waals surface area contributed by atoms with Crippen LogP contribution in [0.4, 0.5) is 14.9 Å². The molecule has 0 bridgehead atoms.